The molecule has 6 rings (SSSR count). The van der Waals surface area contributed by atoms with Crippen molar-refractivity contribution >= 4 is 27.5 Å². The minimum Gasteiger partial charge on any atom is -0.309 e. The maximum Gasteiger partial charge on any atom is 0.197 e. The smallest absolute Gasteiger partial charge is 0.197 e. The van der Waals surface area contributed by atoms with Crippen LogP contribution in [0, 0.1) is 12.4 Å². The molecule has 0 aliphatic rings. The lowest BCUT2D eigenvalue weighted by Gasteiger charge is -2.11. The third-order valence-corrected chi connectivity index (χ3v) is 6.30. The first kappa shape index (κ1) is 20.0. The predicted molar refractivity (Wildman–Crippen MR) is 138 cm³/mol. The average molecular weight is 439 g/mol. The molecule has 0 fully saturated rings. The number of benzene rings is 5. The van der Waals surface area contributed by atoms with Crippen LogP contribution in [0.4, 0.5) is 10.1 Å². The van der Waals surface area contributed by atoms with Crippen molar-refractivity contribution in [3.8, 4) is 27.9 Å². The highest BCUT2D eigenvalue weighted by atomic mass is 19.1. The summed E-state index contributed by atoms with van der Waals surface area (Å²) in [6.07, 6.45) is 0. The Morgan fingerprint density at radius 1 is 0.588 bits per heavy atom. The highest BCUT2D eigenvalue weighted by Crippen LogP contribution is 2.36. The van der Waals surface area contributed by atoms with Gasteiger partial charge in [0.15, 0.2) is 5.69 Å². The normalized spacial score (nSPS) is 11.1. The van der Waals surface area contributed by atoms with Crippen LogP contribution >= 0.6 is 0 Å². The van der Waals surface area contributed by atoms with Gasteiger partial charge in [-0.3, -0.25) is 0 Å². The van der Waals surface area contributed by atoms with Crippen molar-refractivity contribution in [2.75, 3.05) is 0 Å². The van der Waals surface area contributed by atoms with E-state index in [2.05, 4.69) is 82.2 Å². The number of nitrogens with zero attached hydrogens (tertiary/aromatic N) is 2. The second kappa shape index (κ2) is 8.03. The second-order valence-electron chi connectivity index (χ2n) is 8.24. The fourth-order valence-electron chi connectivity index (χ4n) is 4.75. The van der Waals surface area contributed by atoms with Gasteiger partial charge in [-0.2, -0.15) is 0 Å². The molecule has 0 atom stereocenters. The lowest BCUT2D eigenvalue weighted by molar-refractivity contribution is 0.632. The summed E-state index contributed by atoms with van der Waals surface area (Å²) >= 11 is 0. The predicted octanol–water partition coefficient (Wildman–Crippen LogP) is 8.81. The van der Waals surface area contributed by atoms with E-state index in [1.807, 2.05) is 24.3 Å². The summed E-state index contributed by atoms with van der Waals surface area (Å²) in [5.74, 6) is -0.382. The zero-order valence-electron chi connectivity index (χ0n) is 18.2. The van der Waals surface area contributed by atoms with Crippen molar-refractivity contribution in [2.24, 2.45) is 0 Å². The van der Waals surface area contributed by atoms with Gasteiger partial charge in [0.1, 0.15) is 5.82 Å². The number of rotatable bonds is 3. The van der Waals surface area contributed by atoms with Gasteiger partial charge in [0.25, 0.3) is 0 Å². The van der Waals surface area contributed by atoms with Crippen molar-refractivity contribution in [2.45, 2.75) is 0 Å². The number of aromatic nitrogens is 1. The van der Waals surface area contributed by atoms with Crippen molar-refractivity contribution in [1.29, 1.82) is 0 Å². The Balaban J connectivity index is 1.45. The number of para-hydroxylation sites is 2. The Kier molecular flexibility index (Phi) is 4.71. The van der Waals surface area contributed by atoms with Crippen LogP contribution in [-0.4, -0.2) is 4.57 Å². The quantitative estimate of drug-likeness (QED) is 0.244. The van der Waals surface area contributed by atoms with Gasteiger partial charge in [0.2, 0.25) is 0 Å². The van der Waals surface area contributed by atoms with E-state index in [1.54, 1.807) is 12.1 Å². The van der Waals surface area contributed by atoms with Crippen LogP contribution in [0.3, 0.4) is 0 Å². The molecule has 160 valence electrons. The molecule has 0 amide bonds. The maximum atomic E-state index is 14.6. The molecule has 0 N–H and O–H groups in total. The molecule has 0 aliphatic carbocycles. The SMILES string of the molecule is [C-]#[N+]c1cccc(F)c1-c1cccc(-c2ccc(-n3c4ccccc4c4ccccc43)cc2)c1. The van der Waals surface area contributed by atoms with Gasteiger partial charge in [0.05, 0.1) is 17.6 Å². The van der Waals surface area contributed by atoms with Crippen LogP contribution in [0.1, 0.15) is 0 Å². The number of hydrogen-bond donors (Lipinski definition) is 0. The first-order chi connectivity index (χ1) is 16.7. The molecule has 1 heterocycles. The minimum absolute atomic E-state index is 0.318. The van der Waals surface area contributed by atoms with E-state index >= 15 is 0 Å². The maximum absolute atomic E-state index is 14.6. The number of halogens is 1. The molecule has 0 bridgehead atoms. The lowest BCUT2D eigenvalue weighted by atomic mass is 9.97. The van der Waals surface area contributed by atoms with Gasteiger partial charge in [0, 0.05) is 22.0 Å². The fourth-order valence-corrected chi connectivity index (χ4v) is 4.75. The van der Waals surface area contributed by atoms with E-state index in [1.165, 1.54) is 27.9 Å². The molecule has 0 spiro atoms. The number of fused-ring (bicyclic) bond motifs is 3. The molecule has 1 aromatic heterocycles. The first-order valence-corrected chi connectivity index (χ1v) is 11.1. The second-order valence-corrected chi connectivity index (χ2v) is 8.24. The van der Waals surface area contributed by atoms with Crippen LogP contribution in [-0.2, 0) is 0 Å². The molecule has 5 aromatic carbocycles. The monoisotopic (exact) mass is 438 g/mol. The number of hydrogen-bond acceptors (Lipinski definition) is 0. The van der Waals surface area contributed by atoms with Crippen molar-refractivity contribution in [3.63, 3.8) is 0 Å². The molecule has 0 saturated heterocycles. The van der Waals surface area contributed by atoms with Crippen LogP contribution in [0.5, 0.6) is 0 Å². The summed E-state index contributed by atoms with van der Waals surface area (Å²) in [6, 6.07) is 37.7. The van der Waals surface area contributed by atoms with Gasteiger partial charge >= 0.3 is 0 Å². The van der Waals surface area contributed by atoms with Gasteiger partial charge in [-0.25, -0.2) is 9.24 Å². The highest BCUT2D eigenvalue weighted by molar-refractivity contribution is 6.09. The standard InChI is InChI=1S/C31H19FN2/c1-33-28-13-7-12-27(32)31(28)23-9-6-8-22(20-23)21-16-18-24(19-17-21)34-29-14-4-2-10-25(29)26-11-3-5-15-30(26)34/h2-20H. The Bertz CT molecular complexity index is 1670. The topological polar surface area (TPSA) is 9.29 Å². The zero-order chi connectivity index (χ0) is 23.1. The zero-order valence-corrected chi connectivity index (χ0v) is 18.2. The van der Waals surface area contributed by atoms with E-state index in [9.17, 15) is 4.39 Å². The minimum atomic E-state index is -0.382. The van der Waals surface area contributed by atoms with Gasteiger partial charge in [-0.05, 0) is 53.1 Å². The van der Waals surface area contributed by atoms with E-state index in [4.69, 9.17) is 6.57 Å². The Hall–Kier alpha value is -4.68. The molecule has 3 heteroatoms. The molecular formula is C31H19FN2. The molecule has 2 nitrogen and oxygen atoms in total. The Morgan fingerprint density at radius 3 is 1.88 bits per heavy atom. The molecular weight excluding hydrogens is 419 g/mol. The van der Waals surface area contributed by atoms with E-state index in [0.717, 1.165) is 16.8 Å². The summed E-state index contributed by atoms with van der Waals surface area (Å²) in [4.78, 5) is 3.51. The van der Waals surface area contributed by atoms with Gasteiger partial charge in [-0.1, -0.05) is 78.9 Å². The van der Waals surface area contributed by atoms with Crippen LogP contribution in [0.25, 0.3) is 54.6 Å². The van der Waals surface area contributed by atoms with Gasteiger partial charge in [-0.15, -0.1) is 0 Å². The average Bonchev–Trinajstić information content (AvgIpc) is 3.23. The van der Waals surface area contributed by atoms with Crippen LogP contribution < -0.4 is 0 Å². The summed E-state index contributed by atoms with van der Waals surface area (Å²) in [6.45, 7) is 7.41. The molecule has 6 aromatic rings. The first-order valence-electron chi connectivity index (χ1n) is 11.1. The van der Waals surface area contributed by atoms with Crippen molar-refractivity contribution < 1.29 is 4.39 Å². The van der Waals surface area contributed by atoms with Gasteiger partial charge < -0.3 is 4.57 Å². The Labute approximate surface area is 197 Å². The van der Waals surface area contributed by atoms with Crippen LogP contribution in [0.15, 0.2) is 115 Å². The molecule has 0 saturated carbocycles. The largest absolute Gasteiger partial charge is 0.309 e. The molecule has 34 heavy (non-hydrogen) atoms. The van der Waals surface area contributed by atoms with Crippen LogP contribution in [0.2, 0.25) is 0 Å². The highest BCUT2D eigenvalue weighted by Gasteiger charge is 2.13. The third kappa shape index (κ3) is 3.17. The van der Waals surface area contributed by atoms with E-state index < -0.39 is 0 Å². The molecule has 0 aliphatic heterocycles. The molecule has 0 unspecified atom stereocenters. The van der Waals surface area contributed by atoms with Crippen molar-refractivity contribution in [3.05, 3.63) is 132 Å². The lowest BCUT2D eigenvalue weighted by Crippen LogP contribution is -1.93. The summed E-state index contributed by atoms with van der Waals surface area (Å²) < 4.78 is 16.9. The Morgan fingerprint density at radius 2 is 1.21 bits per heavy atom. The van der Waals surface area contributed by atoms with Crippen molar-refractivity contribution in [1.82, 2.24) is 4.57 Å². The summed E-state index contributed by atoms with van der Waals surface area (Å²) in [5.41, 5.74) is 6.81. The summed E-state index contributed by atoms with van der Waals surface area (Å²) in [5, 5.41) is 2.46. The fraction of sp³-hybridized carbons (Fsp3) is 0. The third-order valence-electron chi connectivity index (χ3n) is 6.30. The van der Waals surface area contributed by atoms with E-state index in [0.29, 0.717) is 16.8 Å². The van der Waals surface area contributed by atoms with E-state index in [-0.39, 0.29) is 5.82 Å². The summed E-state index contributed by atoms with van der Waals surface area (Å²) in [7, 11) is 0. The molecule has 0 radical (unpaired) electrons.